The molecule has 1 aliphatic rings. The number of benzene rings is 1. The highest BCUT2D eigenvalue weighted by Crippen LogP contribution is 2.48. The number of ether oxygens (including phenoxy) is 1. The van der Waals surface area contributed by atoms with Crippen molar-refractivity contribution in [3.05, 3.63) is 29.3 Å². The lowest BCUT2D eigenvalue weighted by Gasteiger charge is -2.16. The van der Waals surface area contributed by atoms with E-state index in [9.17, 15) is 8.42 Å². The molecule has 1 aliphatic carbocycles. The molecule has 1 aromatic carbocycles. The van der Waals surface area contributed by atoms with Gasteiger partial charge in [-0.15, -0.1) is 0 Å². The predicted octanol–water partition coefficient (Wildman–Crippen LogP) is 1.55. The quantitative estimate of drug-likeness (QED) is 0.763. The fourth-order valence-corrected chi connectivity index (χ4v) is 3.86. The van der Waals surface area contributed by atoms with Crippen molar-refractivity contribution in [3.8, 4) is 0 Å². The lowest BCUT2D eigenvalue weighted by molar-refractivity contribution is 0.173. The maximum absolute atomic E-state index is 12.4. The van der Waals surface area contributed by atoms with Crippen molar-refractivity contribution in [2.24, 2.45) is 11.1 Å². The number of hydrogen-bond donors (Lipinski definition) is 2. The van der Waals surface area contributed by atoms with E-state index in [1.807, 2.05) is 6.07 Å². The molecular weight excluding hydrogens is 288 g/mol. The predicted molar refractivity (Wildman–Crippen MR) is 82.4 cm³/mol. The molecule has 2 rings (SSSR count). The first kappa shape index (κ1) is 16.4. The van der Waals surface area contributed by atoms with Crippen LogP contribution in [-0.2, 0) is 21.3 Å². The first-order valence-corrected chi connectivity index (χ1v) is 8.69. The Morgan fingerprint density at radius 3 is 2.62 bits per heavy atom. The topological polar surface area (TPSA) is 81.4 Å². The minimum atomic E-state index is -3.47. The van der Waals surface area contributed by atoms with Crippen molar-refractivity contribution < 1.29 is 13.2 Å². The molecule has 0 amide bonds. The summed E-state index contributed by atoms with van der Waals surface area (Å²) in [4.78, 5) is 0.335. The Bertz CT molecular complexity index is 595. The van der Waals surface area contributed by atoms with Crippen LogP contribution < -0.4 is 10.5 Å². The van der Waals surface area contributed by atoms with Crippen LogP contribution in [0.3, 0.4) is 0 Å². The summed E-state index contributed by atoms with van der Waals surface area (Å²) in [5.41, 5.74) is 7.33. The van der Waals surface area contributed by atoms with Crippen LogP contribution in [0.25, 0.3) is 0 Å². The van der Waals surface area contributed by atoms with Crippen LogP contribution >= 0.6 is 0 Å². The van der Waals surface area contributed by atoms with Gasteiger partial charge in [0.05, 0.1) is 4.90 Å². The molecule has 0 heterocycles. The summed E-state index contributed by atoms with van der Waals surface area (Å²) in [6.07, 6.45) is 3.02. The van der Waals surface area contributed by atoms with Crippen molar-refractivity contribution in [2.75, 3.05) is 20.3 Å². The van der Waals surface area contributed by atoms with Gasteiger partial charge in [-0.3, -0.25) is 0 Å². The molecule has 1 saturated carbocycles. The van der Waals surface area contributed by atoms with Gasteiger partial charge in [-0.25, -0.2) is 13.1 Å². The van der Waals surface area contributed by atoms with E-state index in [1.165, 1.54) is 0 Å². The molecule has 1 aromatic rings. The zero-order valence-electron chi connectivity index (χ0n) is 12.7. The van der Waals surface area contributed by atoms with Crippen molar-refractivity contribution in [1.82, 2.24) is 4.72 Å². The Hall–Kier alpha value is -0.950. The van der Waals surface area contributed by atoms with Gasteiger partial charge in [-0.2, -0.15) is 0 Å². The molecule has 0 radical (unpaired) electrons. The monoisotopic (exact) mass is 312 g/mol. The Morgan fingerprint density at radius 2 is 2.10 bits per heavy atom. The van der Waals surface area contributed by atoms with Crippen LogP contribution in [0.15, 0.2) is 23.1 Å². The molecule has 0 atom stereocenters. The van der Waals surface area contributed by atoms with Gasteiger partial charge in [-0.05, 0) is 48.8 Å². The maximum atomic E-state index is 12.4. The standard InChI is InChI=1S/C15H24N2O3S/c1-12-9-13(10-16)3-4-14(12)21(18,19)17-11-15(5-6-15)7-8-20-2/h3-4,9,17H,5-8,10-11,16H2,1-2H3. The third-order valence-corrected chi connectivity index (χ3v) is 5.76. The van der Waals surface area contributed by atoms with E-state index in [1.54, 1.807) is 26.2 Å². The van der Waals surface area contributed by atoms with Gasteiger partial charge in [0, 0.05) is 26.8 Å². The van der Waals surface area contributed by atoms with E-state index >= 15 is 0 Å². The molecule has 1 fully saturated rings. The van der Waals surface area contributed by atoms with Gasteiger partial charge in [-0.1, -0.05) is 12.1 Å². The van der Waals surface area contributed by atoms with Gasteiger partial charge >= 0.3 is 0 Å². The molecule has 0 unspecified atom stereocenters. The summed E-state index contributed by atoms with van der Waals surface area (Å²) < 4.78 is 32.7. The van der Waals surface area contributed by atoms with E-state index in [-0.39, 0.29) is 5.41 Å². The van der Waals surface area contributed by atoms with Gasteiger partial charge in [0.1, 0.15) is 0 Å². The third kappa shape index (κ3) is 4.03. The van der Waals surface area contributed by atoms with E-state index < -0.39 is 10.0 Å². The molecule has 6 heteroatoms. The van der Waals surface area contributed by atoms with Crippen LogP contribution in [0.2, 0.25) is 0 Å². The van der Waals surface area contributed by atoms with Crippen LogP contribution in [0, 0.1) is 12.3 Å². The number of rotatable bonds is 8. The molecule has 21 heavy (non-hydrogen) atoms. The molecule has 0 aliphatic heterocycles. The van der Waals surface area contributed by atoms with E-state index in [0.29, 0.717) is 24.6 Å². The second-order valence-electron chi connectivity index (χ2n) is 5.87. The summed E-state index contributed by atoms with van der Waals surface area (Å²) >= 11 is 0. The summed E-state index contributed by atoms with van der Waals surface area (Å²) in [5.74, 6) is 0. The second-order valence-corrected chi connectivity index (χ2v) is 7.61. The lowest BCUT2D eigenvalue weighted by atomic mass is 10.0. The highest BCUT2D eigenvalue weighted by Gasteiger charge is 2.42. The Morgan fingerprint density at radius 1 is 1.38 bits per heavy atom. The summed E-state index contributed by atoms with van der Waals surface area (Å²) in [6, 6.07) is 5.22. The van der Waals surface area contributed by atoms with Gasteiger partial charge in [0.2, 0.25) is 10.0 Å². The highest BCUT2D eigenvalue weighted by molar-refractivity contribution is 7.89. The molecule has 5 nitrogen and oxygen atoms in total. The minimum Gasteiger partial charge on any atom is -0.385 e. The summed E-state index contributed by atoms with van der Waals surface area (Å²) in [5, 5.41) is 0. The average Bonchev–Trinajstić information content (AvgIpc) is 3.23. The molecule has 0 spiro atoms. The Balaban J connectivity index is 2.05. The maximum Gasteiger partial charge on any atom is 0.240 e. The normalized spacial score (nSPS) is 16.9. The average molecular weight is 312 g/mol. The van der Waals surface area contributed by atoms with Crippen LogP contribution in [-0.4, -0.2) is 28.7 Å². The van der Waals surface area contributed by atoms with Crippen molar-refractivity contribution in [1.29, 1.82) is 0 Å². The van der Waals surface area contributed by atoms with E-state index in [0.717, 1.165) is 30.4 Å². The number of aryl methyl sites for hydroxylation is 1. The fraction of sp³-hybridized carbons (Fsp3) is 0.600. The van der Waals surface area contributed by atoms with Crippen LogP contribution in [0.1, 0.15) is 30.4 Å². The molecular formula is C15H24N2O3S. The zero-order chi connectivity index (χ0) is 15.5. The number of methoxy groups -OCH3 is 1. The van der Waals surface area contributed by atoms with Crippen molar-refractivity contribution >= 4 is 10.0 Å². The zero-order valence-corrected chi connectivity index (χ0v) is 13.5. The van der Waals surface area contributed by atoms with Gasteiger partial charge < -0.3 is 10.5 Å². The fourth-order valence-electron chi connectivity index (χ4n) is 2.48. The smallest absolute Gasteiger partial charge is 0.240 e. The van der Waals surface area contributed by atoms with E-state index in [2.05, 4.69) is 4.72 Å². The molecule has 0 aromatic heterocycles. The molecule has 0 bridgehead atoms. The summed E-state index contributed by atoms with van der Waals surface area (Å²) in [7, 11) is -1.80. The van der Waals surface area contributed by atoms with E-state index in [4.69, 9.17) is 10.5 Å². The molecule has 118 valence electrons. The van der Waals surface area contributed by atoms with Crippen LogP contribution in [0.4, 0.5) is 0 Å². The number of nitrogens with two attached hydrogens (primary N) is 1. The van der Waals surface area contributed by atoms with Gasteiger partial charge in [0.15, 0.2) is 0 Å². The minimum absolute atomic E-state index is 0.0915. The van der Waals surface area contributed by atoms with Crippen molar-refractivity contribution in [2.45, 2.75) is 37.6 Å². The first-order valence-electron chi connectivity index (χ1n) is 7.21. The number of hydrogen-bond acceptors (Lipinski definition) is 4. The van der Waals surface area contributed by atoms with Gasteiger partial charge in [0.25, 0.3) is 0 Å². The summed E-state index contributed by atoms with van der Waals surface area (Å²) in [6.45, 7) is 3.36. The highest BCUT2D eigenvalue weighted by atomic mass is 32.2. The van der Waals surface area contributed by atoms with Crippen molar-refractivity contribution in [3.63, 3.8) is 0 Å². The SMILES string of the molecule is COCCC1(CNS(=O)(=O)c2ccc(CN)cc2C)CC1. The Labute approximate surface area is 126 Å². The molecule has 0 saturated heterocycles. The number of nitrogens with one attached hydrogen (secondary N) is 1. The molecule has 3 N–H and O–H groups in total. The lowest BCUT2D eigenvalue weighted by Crippen LogP contribution is -2.31. The largest absolute Gasteiger partial charge is 0.385 e. The Kier molecular flexibility index (Phi) is 5.03. The third-order valence-electron chi connectivity index (χ3n) is 4.20. The number of sulfonamides is 1. The van der Waals surface area contributed by atoms with Crippen LogP contribution in [0.5, 0.6) is 0 Å². The second kappa shape index (κ2) is 6.44. The first-order chi connectivity index (χ1) is 9.92.